The Labute approximate surface area is 164 Å². The highest BCUT2D eigenvalue weighted by Gasteiger charge is 2.21. The summed E-state index contributed by atoms with van der Waals surface area (Å²) in [6.45, 7) is 3.60. The number of hydrogen-bond donors (Lipinski definition) is 1. The Balaban J connectivity index is 1.87. The van der Waals surface area contributed by atoms with Crippen LogP contribution in [0.5, 0.6) is 5.88 Å². The number of nitro benzene ring substituents is 2. The van der Waals surface area contributed by atoms with Crippen LogP contribution in [-0.2, 0) is 6.54 Å². The van der Waals surface area contributed by atoms with Gasteiger partial charge in [-0.3, -0.25) is 20.2 Å². The lowest BCUT2D eigenvalue weighted by molar-refractivity contribution is -0.546. The zero-order valence-electron chi connectivity index (χ0n) is 15.5. The summed E-state index contributed by atoms with van der Waals surface area (Å²) in [5.41, 5.74) is 1.52. The number of nitrogens with one attached hydrogen (secondary N) is 1. The molecule has 2 aromatic carbocycles. The number of non-ortho nitro benzene ring substituents is 1. The molecule has 0 bridgehead atoms. The van der Waals surface area contributed by atoms with E-state index < -0.39 is 21.2 Å². The smallest absolute Gasteiger partial charge is 0.307 e. The molecule has 29 heavy (non-hydrogen) atoms. The number of benzene rings is 2. The van der Waals surface area contributed by atoms with E-state index >= 15 is 0 Å². The molecule has 0 aliphatic carbocycles. The van der Waals surface area contributed by atoms with E-state index in [4.69, 9.17) is 0 Å². The van der Waals surface area contributed by atoms with Gasteiger partial charge in [0.05, 0.1) is 32.9 Å². The third kappa shape index (κ3) is 4.08. The Morgan fingerprint density at radius 2 is 1.76 bits per heavy atom. The van der Waals surface area contributed by atoms with Crippen LogP contribution in [-0.4, -0.2) is 19.6 Å². The maximum atomic E-state index is 12.6. The summed E-state index contributed by atoms with van der Waals surface area (Å²) in [7, 11) is 0. The SMILES string of the molecule is Cc1ccc(-n2nc(C)c(C[NH+]=Nc3ccc([N+](=O)[O-])cc3[N+](=O)[O-])c2[O-])cc1. The largest absolute Gasteiger partial charge is 0.858 e. The Bertz CT molecular complexity index is 1120. The van der Waals surface area contributed by atoms with Gasteiger partial charge < -0.3 is 5.11 Å². The van der Waals surface area contributed by atoms with Crippen molar-refractivity contribution in [2.75, 3.05) is 0 Å². The van der Waals surface area contributed by atoms with Crippen LogP contribution in [0.1, 0.15) is 16.8 Å². The first-order valence-electron chi connectivity index (χ1n) is 8.47. The number of aryl methyl sites for hydroxylation is 2. The lowest BCUT2D eigenvalue weighted by Crippen LogP contribution is -2.63. The van der Waals surface area contributed by atoms with E-state index in [1.165, 1.54) is 10.7 Å². The van der Waals surface area contributed by atoms with Gasteiger partial charge in [0.15, 0.2) is 6.54 Å². The molecule has 1 heterocycles. The summed E-state index contributed by atoms with van der Waals surface area (Å²) in [5, 5.41) is 45.4. The van der Waals surface area contributed by atoms with Crippen LogP contribution >= 0.6 is 0 Å². The molecule has 3 rings (SSSR count). The fraction of sp³-hybridized carbons (Fsp3) is 0.167. The van der Waals surface area contributed by atoms with Crippen molar-refractivity contribution in [2.45, 2.75) is 20.4 Å². The molecule has 3 aromatic rings. The summed E-state index contributed by atoms with van der Waals surface area (Å²) >= 11 is 0. The standard InChI is InChI=1S/C18H16N6O5/c1-11-3-5-13(6-4-11)22-18(25)15(12(2)21-22)10-19-20-16-8-7-14(23(26)27)9-17(16)24(28)29/h3-9,25H,10H2,1-2H3. The predicted octanol–water partition coefficient (Wildman–Crippen LogP) is 1.74. The van der Waals surface area contributed by atoms with Crippen molar-refractivity contribution in [1.82, 2.24) is 9.78 Å². The number of nitrogens with zero attached hydrogens (tertiary/aromatic N) is 5. The maximum absolute atomic E-state index is 12.6. The highest BCUT2D eigenvalue weighted by Crippen LogP contribution is 2.30. The molecular formula is C18H16N6O5. The van der Waals surface area contributed by atoms with Crippen molar-refractivity contribution in [1.29, 1.82) is 0 Å². The third-order valence-corrected chi connectivity index (χ3v) is 4.24. The van der Waals surface area contributed by atoms with Gasteiger partial charge in [-0.15, -0.1) is 5.11 Å². The molecule has 11 heteroatoms. The quantitative estimate of drug-likeness (QED) is 0.380. The van der Waals surface area contributed by atoms with Crippen LogP contribution in [0.3, 0.4) is 0 Å². The van der Waals surface area contributed by atoms with Gasteiger partial charge in [0.2, 0.25) is 5.69 Å². The Kier molecular flexibility index (Phi) is 5.30. The second-order valence-electron chi connectivity index (χ2n) is 6.25. The van der Waals surface area contributed by atoms with Crippen LogP contribution < -0.4 is 10.2 Å². The average molecular weight is 396 g/mol. The van der Waals surface area contributed by atoms with E-state index in [0.29, 0.717) is 16.9 Å². The Morgan fingerprint density at radius 3 is 2.38 bits per heavy atom. The van der Waals surface area contributed by atoms with E-state index in [2.05, 4.69) is 15.3 Å². The predicted molar refractivity (Wildman–Crippen MR) is 99.0 cm³/mol. The molecule has 0 saturated heterocycles. The number of nitro groups is 2. The second-order valence-corrected chi connectivity index (χ2v) is 6.25. The number of rotatable bonds is 6. The molecule has 0 aliphatic heterocycles. The topological polar surface area (TPSA) is 153 Å². The fourth-order valence-corrected chi connectivity index (χ4v) is 2.67. The van der Waals surface area contributed by atoms with Crippen molar-refractivity contribution < 1.29 is 20.1 Å². The first-order valence-corrected chi connectivity index (χ1v) is 8.47. The van der Waals surface area contributed by atoms with Crippen molar-refractivity contribution >= 4 is 17.1 Å². The summed E-state index contributed by atoms with van der Waals surface area (Å²) in [5.74, 6) is -0.327. The molecule has 0 fully saturated rings. The van der Waals surface area contributed by atoms with Crippen LogP contribution in [0.15, 0.2) is 47.6 Å². The van der Waals surface area contributed by atoms with Gasteiger partial charge >= 0.3 is 5.69 Å². The van der Waals surface area contributed by atoms with Crippen molar-refractivity contribution in [2.24, 2.45) is 5.11 Å². The Hall–Kier alpha value is -4.15. The zero-order valence-corrected chi connectivity index (χ0v) is 15.5. The fourth-order valence-electron chi connectivity index (χ4n) is 2.67. The number of aromatic nitrogens is 2. The van der Waals surface area contributed by atoms with E-state index in [-0.39, 0.29) is 18.1 Å². The maximum Gasteiger partial charge on any atom is 0.307 e. The van der Waals surface area contributed by atoms with Crippen molar-refractivity contribution in [3.05, 3.63) is 79.5 Å². The molecule has 0 aliphatic rings. The van der Waals surface area contributed by atoms with Gasteiger partial charge in [-0.05, 0) is 37.2 Å². The molecule has 0 unspecified atom stereocenters. The van der Waals surface area contributed by atoms with Crippen LogP contribution in [0, 0.1) is 34.1 Å². The molecule has 1 aromatic heterocycles. The van der Waals surface area contributed by atoms with Crippen LogP contribution in [0.25, 0.3) is 5.69 Å². The van der Waals surface area contributed by atoms with Gasteiger partial charge in [-0.2, -0.15) is 5.10 Å². The van der Waals surface area contributed by atoms with E-state index in [1.54, 1.807) is 19.1 Å². The second kappa shape index (κ2) is 7.84. The van der Waals surface area contributed by atoms with Gasteiger partial charge in [0.1, 0.15) is 0 Å². The highest BCUT2D eigenvalue weighted by atomic mass is 16.6. The van der Waals surface area contributed by atoms with Crippen LogP contribution in [0.2, 0.25) is 0 Å². The summed E-state index contributed by atoms with van der Waals surface area (Å²) in [6, 6.07) is 10.4. The Morgan fingerprint density at radius 1 is 1.07 bits per heavy atom. The summed E-state index contributed by atoms with van der Waals surface area (Å²) in [6.07, 6.45) is 0. The van der Waals surface area contributed by atoms with E-state index in [1.807, 2.05) is 19.1 Å². The first kappa shape index (κ1) is 19.6. The molecule has 1 N–H and O–H groups in total. The van der Waals surface area contributed by atoms with Gasteiger partial charge in [-0.1, -0.05) is 17.7 Å². The molecule has 0 spiro atoms. The normalized spacial score (nSPS) is 11.1. The van der Waals surface area contributed by atoms with E-state index in [0.717, 1.165) is 17.7 Å². The van der Waals surface area contributed by atoms with Gasteiger partial charge in [0.25, 0.3) is 5.69 Å². The molecule has 0 saturated carbocycles. The minimum absolute atomic E-state index is 0.00926. The van der Waals surface area contributed by atoms with Gasteiger partial charge in [0, 0.05) is 11.9 Å². The molecule has 0 amide bonds. The van der Waals surface area contributed by atoms with Crippen LogP contribution in [0.4, 0.5) is 17.1 Å². The molecular weight excluding hydrogens is 380 g/mol. The molecule has 148 valence electrons. The van der Waals surface area contributed by atoms with Gasteiger partial charge in [-0.25, -0.2) is 4.68 Å². The monoisotopic (exact) mass is 396 g/mol. The average Bonchev–Trinajstić information content (AvgIpc) is 2.96. The summed E-state index contributed by atoms with van der Waals surface area (Å²) < 4.78 is 1.28. The van der Waals surface area contributed by atoms with Crippen molar-refractivity contribution in [3.63, 3.8) is 0 Å². The molecule has 11 nitrogen and oxygen atoms in total. The lowest BCUT2D eigenvalue weighted by Gasteiger charge is -2.11. The number of hydrogen-bond acceptors (Lipinski definition) is 7. The number of azo groups is 1. The zero-order chi connectivity index (χ0) is 21.1. The third-order valence-electron chi connectivity index (χ3n) is 4.24. The first-order chi connectivity index (χ1) is 13.8. The van der Waals surface area contributed by atoms with Crippen molar-refractivity contribution in [3.8, 4) is 11.6 Å². The van der Waals surface area contributed by atoms with E-state index in [9.17, 15) is 25.3 Å². The summed E-state index contributed by atoms with van der Waals surface area (Å²) in [4.78, 5) is 20.5. The minimum Gasteiger partial charge on any atom is -0.858 e. The highest BCUT2D eigenvalue weighted by molar-refractivity contribution is 5.61. The minimum atomic E-state index is -0.757. The molecule has 0 atom stereocenters. The lowest BCUT2D eigenvalue weighted by atomic mass is 10.2. The molecule has 0 radical (unpaired) electrons.